The zero-order chi connectivity index (χ0) is 14.4. The first-order valence-corrected chi connectivity index (χ1v) is 6.88. The monoisotopic (exact) mass is 273 g/mol. The van der Waals surface area contributed by atoms with Gasteiger partial charge in [0.25, 0.3) is 0 Å². The van der Waals surface area contributed by atoms with Crippen molar-refractivity contribution in [1.82, 2.24) is 24.3 Å². The molecule has 0 aliphatic carbocycles. The third kappa shape index (κ3) is 4.43. The van der Waals surface area contributed by atoms with Crippen LogP contribution in [0.5, 0.6) is 0 Å². The molecule has 0 bridgehead atoms. The maximum atomic E-state index is 4.35. The summed E-state index contributed by atoms with van der Waals surface area (Å²) in [4.78, 5) is 13.3. The Bertz CT molecular complexity index is 508. The first-order valence-electron chi connectivity index (χ1n) is 6.88. The van der Waals surface area contributed by atoms with Crippen LogP contribution in [0.25, 0.3) is 0 Å². The summed E-state index contributed by atoms with van der Waals surface area (Å²) in [6, 6.07) is 6.04. The molecule has 0 saturated carbocycles. The lowest BCUT2D eigenvalue weighted by Crippen LogP contribution is -2.31. The topological polar surface area (TPSA) is 37.2 Å². The lowest BCUT2D eigenvalue weighted by Gasteiger charge is -2.21. The predicted molar refractivity (Wildman–Crippen MR) is 80.1 cm³/mol. The van der Waals surface area contributed by atoms with E-state index < -0.39 is 0 Å². The SMILES string of the molecule is CN(CCN(C)Cc1nccn1C)Cc1ccccn1. The minimum atomic E-state index is 0.876. The number of aromatic nitrogens is 3. The molecule has 0 spiro atoms. The van der Waals surface area contributed by atoms with Crippen molar-refractivity contribution >= 4 is 0 Å². The molecule has 0 atom stereocenters. The molecule has 0 aliphatic rings. The smallest absolute Gasteiger partial charge is 0.122 e. The number of pyridine rings is 1. The third-order valence-electron chi connectivity index (χ3n) is 3.35. The lowest BCUT2D eigenvalue weighted by molar-refractivity contribution is 0.241. The Morgan fingerprint density at radius 2 is 1.75 bits per heavy atom. The van der Waals surface area contributed by atoms with Gasteiger partial charge in [-0.15, -0.1) is 0 Å². The number of hydrogen-bond donors (Lipinski definition) is 0. The van der Waals surface area contributed by atoms with E-state index in [0.29, 0.717) is 0 Å². The first kappa shape index (κ1) is 14.7. The van der Waals surface area contributed by atoms with Crippen molar-refractivity contribution in [1.29, 1.82) is 0 Å². The standard InChI is InChI=1S/C15H23N5/c1-18(12-14-6-4-5-7-16-14)10-11-19(2)13-15-17-8-9-20(15)3/h4-9H,10-13H2,1-3H3. The molecule has 0 unspecified atom stereocenters. The fourth-order valence-corrected chi connectivity index (χ4v) is 2.06. The van der Waals surface area contributed by atoms with Gasteiger partial charge in [-0.1, -0.05) is 6.07 Å². The molecule has 0 amide bonds. The first-order chi connectivity index (χ1) is 9.65. The summed E-state index contributed by atoms with van der Waals surface area (Å²) in [6.07, 6.45) is 5.67. The summed E-state index contributed by atoms with van der Waals surface area (Å²) < 4.78 is 2.06. The fraction of sp³-hybridized carbons (Fsp3) is 0.467. The van der Waals surface area contributed by atoms with Crippen LogP contribution in [-0.4, -0.2) is 51.5 Å². The second-order valence-electron chi connectivity index (χ2n) is 5.25. The van der Waals surface area contributed by atoms with Gasteiger partial charge in [-0.2, -0.15) is 0 Å². The third-order valence-corrected chi connectivity index (χ3v) is 3.35. The fourth-order valence-electron chi connectivity index (χ4n) is 2.06. The van der Waals surface area contributed by atoms with Crippen molar-refractivity contribution in [2.45, 2.75) is 13.1 Å². The van der Waals surface area contributed by atoms with Gasteiger partial charge >= 0.3 is 0 Å². The van der Waals surface area contributed by atoms with E-state index >= 15 is 0 Å². The van der Waals surface area contributed by atoms with Gasteiger partial charge in [-0.05, 0) is 26.2 Å². The summed E-state index contributed by atoms with van der Waals surface area (Å²) in [7, 11) is 6.29. The van der Waals surface area contributed by atoms with Crippen LogP contribution < -0.4 is 0 Å². The van der Waals surface area contributed by atoms with E-state index in [2.05, 4.69) is 44.5 Å². The van der Waals surface area contributed by atoms with Crippen molar-refractivity contribution in [2.75, 3.05) is 27.2 Å². The van der Waals surface area contributed by atoms with E-state index in [1.54, 1.807) is 0 Å². The van der Waals surface area contributed by atoms with Crippen LogP contribution in [0.15, 0.2) is 36.8 Å². The van der Waals surface area contributed by atoms with Crippen LogP contribution in [0.3, 0.4) is 0 Å². The molecule has 2 aromatic heterocycles. The molecule has 2 rings (SSSR count). The Balaban J connectivity index is 1.73. The summed E-state index contributed by atoms with van der Waals surface area (Å²) in [5.41, 5.74) is 1.11. The maximum absolute atomic E-state index is 4.35. The average Bonchev–Trinajstić information content (AvgIpc) is 2.83. The maximum Gasteiger partial charge on any atom is 0.122 e. The van der Waals surface area contributed by atoms with Gasteiger partial charge in [0.15, 0.2) is 0 Å². The Kier molecular flexibility index (Phi) is 5.26. The van der Waals surface area contributed by atoms with Gasteiger partial charge in [-0.3, -0.25) is 14.8 Å². The van der Waals surface area contributed by atoms with Crippen LogP contribution in [0.1, 0.15) is 11.5 Å². The van der Waals surface area contributed by atoms with Gasteiger partial charge in [0, 0.05) is 45.3 Å². The molecule has 0 aromatic carbocycles. The summed E-state index contributed by atoms with van der Waals surface area (Å²) in [6.45, 7) is 3.78. The van der Waals surface area contributed by atoms with E-state index in [9.17, 15) is 0 Å². The number of imidazole rings is 1. The Hall–Kier alpha value is -1.72. The van der Waals surface area contributed by atoms with Crippen molar-refractivity contribution in [3.05, 3.63) is 48.3 Å². The van der Waals surface area contributed by atoms with Crippen molar-refractivity contribution in [2.24, 2.45) is 7.05 Å². The highest BCUT2D eigenvalue weighted by Gasteiger charge is 2.06. The number of nitrogens with zero attached hydrogens (tertiary/aromatic N) is 5. The van der Waals surface area contributed by atoms with Crippen LogP contribution in [0.2, 0.25) is 0 Å². The van der Waals surface area contributed by atoms with Crippen LogP contribution in [0, 0.1) is 0 Å². The van der Waals surface area contributed by atoms with Crippen molar-refractivity contribution in [3.63, 3.8) is 0 Å². The number of hydrogen-bond acceptors (Lipinski definition) is 4. The molecular weight excluding hydrogens is 250 g/mol. The molecule has 20 heavy (non-hydrogen) atoms. The molecular formula is C15H23N5. The predicted octanol–water partition coefficient (Wildman–Crippen LogP) is 1.38. The zero-order valence-electron chi connectivity index (χ0n) is 12.5. The van der Waals surface area contributed by atoms with E-state index in [1.807, 2.05) is 37.8 Å². The highest BCUT2D eigenvalue weighted by molar-refractivity contribution is 5.03. The van der Waals surface area contributed by atoms with Gasteiger partial charge in [0.05, 0.1) is 12.2 Å². The van der Waals surface area contributed by atoms with E-state index in [0.717, 1.165) is 37.7 Å². The quantitative estimate of drug-likeness (QED) is 0.764. The summed E-state index contributed by atoms with van der Waals surface area (Å²) >= 11 is 0. The minimum Gasteiger partial charge on any atom is -0.337 e. The average molecular weight is 273 g/mol. The molecule has 0 N–H and O–H groups in total. The second kappa shape index (κ2) is 7.17. The molecule has 0 saturated heterocycles. The number of likely N-dealkylation sites (N-methyl/N-ethyl adjacent to an activating group) is 2. The number of rotatable bonds is 7. The minimum absolute atomic E-state index is 0.876. The highest BCUT2D eigenvalue weighted by Crippen LogP contribution is 2.01. The molecule has 0 fully saturated rings. The van der Waals surface area contributed by atoms with Crippen LogP contribution in [-0.2, 0) is 20.1 Å². The van der Waals surface area contributed by atoms with Gasteiger partial charge in [0.2, 0.25) is 0 Å². The van der Waals surface area contributed by atoms with E-state index in [1.165, 1.54) is 0 Å². The molecule has 2 aromatic rings. The molecule has 2 heterocycles. The molecule has 0 aliphatic heterocycles. The largest absolute Gasteiger partial charge is 0.337 e. The highest BCUT2D eigenvalue weighted by atomic mass is 15.2. The Morgan fingerprint density at radius 3 is 2.35 bits per heavy atom. The lowest BCUT2D eigenvalue weighted by atomic mass is 10.3. The van der Waals surface area contributed by atoms with Crippen molar-refractivity contribution < 1.29 is 0 Å². The molecule has 0 radical (unpaired) electrons. The van der Waals surface area contributed by atoms with Crippen molar-refractivity contribution in [3.8, 4) is 0 Å². The molecule has 5 nitrogen and oxygen atoms in total. The Morgan fingerprint density at radius 1 is 1.00 bits per heavy atom. The number of aryl methyl sites for hydroxylation is 1. The van der Waals surface area contributed by atoms with Gasteiger partial charge in [-0.25, -0.2) is 4.98 Å². The van der Waals surface area contributed by atoms with E-state index in [-0.39, 0.29) is 0 Å². The zero-order valence-corrected chi connectivity index (χ0v) is 12.5. The summed E-state index contributed by atoms with van der Waals surface area (Å²) in [5.74, 6) is 1.10. The molecule has 5 heteroatoms. The van der Waals surface area contributed by atoms with Gasteiger partial charge < -0.3 is 4.57 Å². The van der Waals surface area contributed by atoms with Crippen LogP contribution >= 0.6 is 0 Å². The van der Waals surface area contributed by atoms with Gasteiger partial charge in [0.1, 0.15) is 5.82 Å². The normalized spacial score (nSPS) is 11.4. The van der Waals surface area contributed by atoms with E-state index in [4.69, 9.17) is 0 Å². The summed E-state index contributed by atoms with van der Waals surface area (Å²) in [5, 5.41) is 0. The molecule has 108 valence electrons. The van der Waals surface area contributed by atoms with Crippen LogP contribution in [0.4, 0.5) is 0 Å². The second-order valence-corrected chi connectivity index (χ2v) is 5.25. The Labute approximate surface area is 120 Å².